The molecular weight excluding hydrogens is 250 g/mol. The number of aryl methyl sites for hydroxylation is 1. The second-order valence-corrected chi connectivity index (χ2v) is 5.31. The molecule has 0 saturated heterocycles. The highest BCUT2D eigenvalue weighted by Crippen LogP contribution is 2.36. The quantitative estimate of drug-likeness (QED) is 0.750. The van der Waals surface area contributed by atoms with Gasteiger partial charge in [-0.25, -0.2) is 4.68 Å². The standard InChI is InChI=1S/C16H21N3O/c1-2-3-4-5-8-11-19-16-13-9-6-7-10-15(13)20-12-14(16)17-18-19/h6-7,9-10H,2-5,8,11-12H2,1H3. The predicted octanol–water partition coefficient (Wildman–Crippen LogP) is 3.81. The number of fused-ring (bicyclic) bond motifs is 3. The highest BCUT2D eigenvalue weighted by Gasteiger charge is 2.22. The van der Waals surface area contributed by atoms with Crippen LogP contribution >= 0.6 is 0 Å². The van der Waals surface area contributed by atoms with Gasteiger partial charge in [-0.2, -0.15) is 0 Å². The molecule has 0 aliphatic carbocycles. The van der Waals surface area contributed by atoms with Crippen molar-refractivity contribution in [3.8, 4) is 17.0 Å². The molecule has 1 aliphatic rings. The van der Waals surface area contributed by atoms with Gasteiger partial charge in [-0.05, 0) is 18.6 Å². The highest BCUT2D eigenvalue weighted by molar-refractivity contribution is 5.70. The van der Waals surface area contributed by atoms with Crippen LogP contribution < -0.4 is 4.74 Å². The van der Waals surface area contributed by atoms with Crippen LogP contribution in [0, 0.1) is 0 Å². The molecule has 2 heterocycles. The highest BCUT2D eigenvalue weighted by atomic mass is 16.5. The van der Waals surface area contributed by atoms with Crippen molar-refractivity contribution in [2.75, 3.05) is 0 Å². The average molecular weight is 271 g/mol. The molecule has 3 rings (SSSR count). The summed E-state index contributed by atoms with van der Waals surface area (Å²) in [6, 6.07) is 8.14. The summed E-state index contributed by atoms with van der Waals surface area (Å²) in [6.07, 6.45) is 6.35. The Kier molecular flexibility index (Phi) is 4.00. The molecule has 4 heteroatoms. The summed E-state index contributed by atoms with van der Waals surface area (Å²) in [5.74, 6) is 0.939. The minimum absolute atomic E-state index is 0.530. The van der Waals surface area contributed by atoms with E-state index in [-0.39, 0.29) is 0 Å². The fraction of sp³-hybridized carbons (Fsp3) is 0.500. The zero-order chi connectivity index (χ0) is 13.8. The first-order chi connectivity index (χ1) is 9.90. The third kappa shape index (κ3) is 2.55. The minimum atomic E-state index is 0.530. The average Bonchev–Trinajstić information content (AvgIpc) is 2.91. The van der Waals surface area contributed by atoms with Crippen LogP contribution in [0.5, 0.6) is 5.75 Å². The van der Waals surface area contributed by atoms with Crippen LogP contribution in [0.2, 0.25) is 0 Å². The summed E-state index contributed by atoms with van der Waals surface area (Å²) >= 11 is 0. The number of nitrogens with zero attached hydrogens (tertiary/aromatic N) is 3. The Morgan fingerprint density at radius 3 is 2.90 bits per heavy atom. The third-order valence-corrected chi connectivity index (χ3v) is 3.78. The van der Waals surface area contributed by atoms with E-state index in [1.807, 2.05) is 22.9 Å². The van der Waals surface area contributed by atoms with Crippen LogP contribution in [0.15, 0.2) is 24.3 Å². The van der Waals surface area contributed by atoms with Crippen molar-refractivity contribution in [1.82, 2.24) is 15.0 Å². The van der Waals surface area contributed by atoms with Crippen molar-refractivity contribution in [2.24, 2.45) is 0 Å². The van der Waals surface area contributed by atoms with Gasteiger partial charge in [0.15, 0.2) is 0 Å². The molecule has 106 valence electrons. The zero-order valence-corrected chi connectivity index (χ0v) is 12.0. The summed E-state index contributed by atoms with van der Waals surface area (Å²) < 4.78 is 7.75. The normalized spacial score (nSPS) is 12.7. The van der Waals surface area contributed by atoms with Gasteiger partial charge in [0.1, 0.15) is 18.1 Å². The molecule has 20 heavy (non-hydrogen) atoms. The predicted molar refractivity (Wildman–Crippen MR) is 78.5 cm³/mol. The summed E-state index contributed by atoms with van der Waals surface area (Å²) in [4.78, 5) is 0. The van der Waals surface area contributed by atoms with E-state index in [1.165, 1.54) is 32.1 Å². The Morgan fingerprint density at radius 2 is 2.00 bits per heavy atom. The molecule has 2 aromatic rings. The number of rotatable bonds is 6. The molecule has 1 aliphatic heterocycles. The van der Waals surface area contributed by atoms with E-state index >= 15 is 0 Å². The number of benzene rings is 1. The van der Waals surface area contributed by atoms with Crippen molar-refractivity contribution in [1.29, 1.82) is 0 Å². The molecule has 0 saturated carbocycles. The Bertz CT molecular complexity index is 577. The van der Waals surface area contributed by atoms with Crippen molar-refractivity contribution in [3.63, 3.8) is 0 Å². The van der Waals surface area contributed by atoms with E-state index in [0.717, 1.165) is 29.2 Å². The fourth-order valence-electron chi connectivity index (χ4n) is 2.70. The van der Waals surface area contributed by atoms with Gasteiger partial charge in [-0.15, -0.1) is 5.10 Å². The monoisotopic (exact) mass is 271 g/mol. The first-order valence-electron chi connectivity index (χ1n) is 7.54. The molecule has 0 spiro atoms. The van der Waals surface area contributed by atoms with Crippen molar-refractivity contribution in [2.45, 2.75) is 52.2 Å². The first-order valence-corrected chi connectivity index (χ1v) is 7.54. The summed E-state index contributed by atoms with van der Waals surface area (Å²) in [5, 5.41) is 8.56. The zero-order valence-electron chi connectivity index (χ0n) is 12.0. The van der Waals surface area contributed by atoms with Crippen molar-refractivity contribution >= 4 is 0 Å². The lowest BCUT2D eigenvalue weighted by Gasteiger charge is -2.17. The lowest BCUT2D eigenvalue weighted by Crippen LogP contribution is -2.09. The van der Waals surface area contributed by atoms with Gasteiger partial charge in [0, 0.05) is 12.1 Å². The lowest BCUT2D eigenvalue weighted by atomic mass is 10.1. The van der Waals surface area contributed by atoms with Gasteiger partial charge < -0.3 is 4.74 Å². The van der Waals surface area contributed by atoms with Gasteiger partial charge >= 0.3 is 0 Å². The van der Waals surface area contributed by atoms with Gasteiger partial charge in [0.05, 0.1) is 5.69 Å². The van der Waals surface area contributed by atoms with E-state index in [4.69, 9.17) is 4.74 Å². The summed E-state index contributed by atoms with van der Waals surface area (Å²) in [5.41, 5.74) is 3.21. The maximum Gasteiger partial charge on any atom is 0.134 e. The van der Waals surface area contributed by atoms with E-state index in [9.17, 15) is 0 Å². The lowest BCUT2D eigenvalue weighted by molar-refractivity contribution is 0.297. The Morgan fingerprint density at radius 1 is 1.15 bits per heavy atom. The molecule has 4 nitrogen and oxygen atoms in total. The number of unbranched alkanes of at least 4 members (excludes halogenated alkanes) is 4. The second-order valence-electron chi connectivity index (χ2n) is 5.31. The maximum absolute atomic E-state index is 5.70. The van der Waals surface area contributed by atoms with E-state index in [0.29, 0.717) is 6.61 Å². The Balaban J connectivity index is 1.74. The molecule has 1 aromatic heterocycles. The number of ether oxygens (including phenoxy) is 1. The van der Waals surface area contributed by atoms with Crippen LogP contribution in [0.25, 0.3) is 11.3 Å². The molecule has 0 radical (unpaired) electrons. The van der Waals surface area contributed by atoms with Gasteiger partial charge in [-0.3, -0.25) is 0 Å². The summed E-state index contributed by atoms with van der Waals surface area (Å²) in [7, 11) is 0. The van der Waals surface area contributed by atoms with Gasteiger partial charge in [0.25, 0.3) is 0 Å². The number of hydrogen-bond acceptors (Lipinski definition) is 3. The third-order valence-electron chi connectivity index (χ3n) is 3.78. The maximum atomic E-state index is 5.70. The SMILES string of the molecule is CCCCCCCn1nnc2c1-c1ccccc1OC2. The van der Waals surface area contributed by atoms with E-state index < -0.39 is 0 Å². The molecule has 0 bridgehead atoms. The molecule has 0 atom stereocenters. The van der Waals surface area contributed by atoms with Crippen LogP contribution in [-0.2, 0) is 13.2 Å². The molecule has 1 aromatic carbocycles. The Hall–Kier alpha value is -1.84. The fourth-order valence-corrected chi connectivity index (χ4v) is 2.70. The molecular formula is C16H21N3O. The number of para-hydroxylation sites is 1. The largest absolute Gasteiger partial charge is 0.486 e. The topological polar surface area (TPSA) is 39.9 Å². The first kappa shape index (κ1) is 13.2. The van der Waals surface area contributed by atoms with Crippen LogP contribution in [0.3, 0.4) is 0 Å². The number of hydrogen-bond donors (Lipinski definition) is 0. The smallest absolute Gasteiger partial charge is 0.134 e. The van der Waals surface area contributed by atoms with Crippen LogP contribution in [-0.4, -0.2) is 15.0 Å². The van der Waals surface area contributed by atoms with Crippen LogP contribution in [0.1, 0.15) is 44.7 Å². The van der Waals surface area contributed by atoms with Crippen LogP contribution in [0.4, 0.5) is 0 Å². The molecule has 0 amide bonds. The molecule has 0 N–H and O–H groups in total. The van der Waals surface area contributed by atoms with Gasteiger partial charge in [0.2, 0.25) is 0 Å². The number of aromatic nitrogens is 3. The summed E-state index contributed by atoms with van der Waals surface area (Å²) in [6.45, 7) is 3.72. The second kappa shape index (κ2) is 6.07. The van der Waals surface area contributed by atoms with Gasteiger partial charge in [-0.1, -0.05) is 50.0 Å². The van der Waals surface area contributed by atoms with Crippen molar-refractivity contribution < 1.29 is 4.74 Å². The Labute approximate surface area is 119 Å². The molecule has 0 fully saturated rings. The van der Waals surface area contributed by atoms with E-state index in [2.05, 4.69) is 23.3 Å². The minimum Gasteiger partial charge on any atom is -0.486 e. The van der Waals surface area contributed by atoms with E-state index in [1.54, 1.807) is 0 Å². The molecule has 0 unspecified atom stereocenters. The van der Waals surface area contributed by atoms with Crippen molar-refractivity contribution in [3.05, 3.63) is 30.0 Å².